The molecule has 1 aromatic rings. The summed E-state index contributed by atoms with van der Waals surface area (Å²) in [6, 6.07) is 4.68. The van der Waals surface area contributed by atoms with Crippen molar-refractivity contribution >= 4 is 11.4 Å². The van der Waals surface area contributed by atoms with E-state index in [4.69, 9.17) is 0 Å². The molecule has 6 nitrogen and oxygen atoms in total. The van der Waals surface area contributed by atoms with Crippen molar-refractivity contribution in [2.45, 2.75) is 6.92 Å². The molecule has 0 aliphatic carbocycles. The van der Waals surface area contributed by atoms with Crippen molar-refractivity contribution in [2.75, 3.05) is 0 Å². The summed E-state index contributed by atoms with van der Waals surface area (Å²) >= 11 is 0. The second-order valence-corrected chi connectivity index (χ2v) is 2.35. The Morgan fingerprint density at radius 1 is 1.29 bits per heavy atom. The van der Waals surface area contributed by atoms with Gasteiger partial charge in [-0.15, -0.1) is 6.07 Å². The second kappa shape index (κ2) is 5.12. The van der Waals surface area contributed by atoms with Crippen molar-refractivity contribution in [3.63, 3.8) is 0 Å². The Hall–Kier alpha value is -0.876. The molecule has 0 atom stereocenters. The van der Waals surface area contributed by atoms with Crippen LogP contribution in [0.5, 0.6) is 0 Å². The van der Waals surface area contributed by atoms with Crippen LogP contribution in [0.3, 0.4) is 0 Å². The third-order valence-electron chi connectivity index (χ3n) is 1.58. The second-order valence-electron chi connectivity index (χ2n) is 2.35. The van der Waals surface area contributed by atoms with Crippen LogP contribution in [0, 0.1) is 33.2 Å². The maximum atomic E-state index is 10.4. The van der Waals surface area contributed by atoms with E-state index in [0.29, 0.717) is 0 Å². The van der Waals surface area contributed by atoms with Crippen LogP contribution in [0.25, 0.3) is 0 Å². The van der Waals surface area contributed by atoms with E-state index < -0.39 is 9.85 Å². The number of nitro groups is 2. The van der Waals surface area contributed by atoms with Crippen LogP contribution in [0.4, 0.5) is 11.4 Å². The molecule has 0 fully saturated rings. The van der Waals surface area contributed by atoms with Crippen molar-refractivity contribution in [1.82, 2.24) is 0 Å². The molecule has 0 aliphatic rings. The first kappa shape index (κ1) is 13.1. The van der Waals surface area contributed by atoms with Gasteiger partial charge >= 0.3 is 0 Å². The maximum absolute atomic E-state index is 10.4. The number of nitro benzene ring substituents is 2. The monoisotopic (exact) mass is 270 g/mol. The van der Waals surface area contributed by atoms with Crippen LogP contribution in [-0.4, -0.2) is 9.85 Å². The van der Waals surface area contributed by atoms with Crippen LogP contribution in [0.15, 0.2) is 12.1 Å². The zero-order valence-electron chi connectivity index (χ0n) is 7.26. The van der Waals surface area contributed by atoms with E-state index in [0.717, 1.165) is 0 Å². The van der Waals surface area contributed by atoms with Crippen molar-refractivity contribution in [3.8, 4) is 0 Å². The summed E-state index contributed by atoms with van der Waals surface area (Å²) < 4.78 is 0. The van der Waals surface area contributed by atoms with Gasteiger partial charge in [0.15, 0.2) is 11.4 Å². The largest absolute Gasteiger partial charge is 0.260 e. The fourth-order valence-corrected chi connectivity index (χ4v) is 0.942. The summed E-state index contributed by atoms with van der Waals surface area (Å²) in [6.07, 6.45) is 0. The Labute approximate surface area is 104 Å². The van der Waals surface area contributed by atoms with E-state index >= 15 is 0 Å². The first-order valence-corrected chi connectivity index (χ1v) is 3.34. The van der Waals surface area contributed by atoms with Crippen molar-refractivity contribution < 1.29 is 42.6 Å². The minimum Gasteiger partial charge on any atom is -0.260 e. The number of nitrogens with zero attached hydrogens (tertiary/aromatic N) is 2. The molecular weight excluding hydrogens is 265 g/mol. The third-order valence-corrected chi connectivity index (χ3v) is 1.58. The Balaban J connectivity index is 0.00000169. The first-order valence-electron chi connectivity index (χ1n) is 3.34. The Kier molecular flexibility index (Phi) is 4.80. The zero-order valence-corrected chi connectivity index (χ0v) is 10.1. The molecular formula is C7H5N2O4Y-. The minimum atomic E-state index is -0.692. The van der Waals surface area contributed by atoms with E-state index in [-0.39, 0.29) is 49.6 Å². The smallest absolute Gasteiger partial charge is 0.175 e. The van der Waals surface area contributed by atoms with Crippen molar-refractivity contribution in [3.05, 3.63) is 44.0 Å². The molecule has 0 aromatic heterocycles. The standard InChI is InChI=1S/C7H5N2O4.Y/c1-5-6(8(10)11)3-2-4-7(5)9(12)13;/h2-3H,1H3;/q-1;. The average Bonchev–Trinajstić information content (AvgIpc) is 2.03. The van der Waals surface area contributed by atoms with Crippen LogP contribution in [0.2, 0.25) is 0 Å². The van der Waals surface area contributed by atoms with Gasteiger partial charge in [-0.2, -0.15) is 6.07 Å². The van der Waals surface area contributed by atoms with Crippen LogP contribution in [-0.2, 0) is 32.7 Å². The Bertz CT molecular complexity index is 348. The summed E-state index contributed by atoms with van der Waals surface area (Å²) in [4.78, 5) is 19.4. The first-order chi connectivity index (χ1) is 6.04. The molecule has 14 heavy (non-hydrogen) atoms. The predicted octanol–water partition coefficient (Wildman–Crippen LogP) is 1.61. The summed E-state index contributed by atoms with van der Waals surface area (Å²) in [5.41, 5.74) is -0.586. The molecule has 0 aliphatic heterocycles. The van der Waals surface area contributed by atoms with Crippen LogP contribution >= 0.6 is 0 Å². The van der Waals surface area contributed by atoms with Gasteiger partial charge in [0.1, 0.15) is 0 Å². The molecule has 0 heterocycles. The molecule has 0 saturated carbocycles. The van der Waals surface area contributed by atoms with Gasteiger partial charge in [-0.3, -0.25) is 20.2 Å². The van der Waals surface area contributed by atoms with Crippen molar-refractivity contribution in [2.24, 2.45) is 0 Å². The van der Waals surface area contributed by atoms with E-state index in [1.165, 1.54) is 19.1 Å². The SMILES string of the molecule is Cc1c([N+](=O)[O-])[c-]ccc1[N+](=O)[O-].[Y]. The summed E-state index contributed by atoms with van der Waals surface area (Å²) in [5.74, 6) is 0. The molecule has 0 saturated heterocycles. The topological polar surface area (TPSA) is 86.3 Å². The summed E-state index contributed by atoms with van der Waals surface area (Å²) in [6.45, 7) is 1.33. The molecule has 0 unspecified atom stereocenters. The molecule has 0 bridgehead atoms. The molecule has 0 amide bonds. The van der Waals surface area contributed by atoms with Gasteiger partial charge in [0.05, 0.1) is 0 Å². The van der Waals surface area contributed by atoms with Gasteiger partial charge in [-0.05, 0) is 5.56 Å². The Morgan fingerprint density at radius 2 is 1.86 bits per heavy atom. The van der Waals surface area contributed by atoms with E-state index in [2.05, 4.69) is 6.07 Å². The maximum Gasteiger partial charge on any atom is 0.175 e. The summed E-state index contributed by atoms with van der Waals surface area (Å²) in [5, 5.41) is 20.7. The van der Waals surface area contributed by atoms with Gasteiger partial charge in [0.2, 0.25) is 0 Å². The molecule has 0 spiro atoms. The quantitative estimate of drug-likeness (QED) is 0.464. The number of benzene rings is 1. The van der Waals surface area contributed by atoms with Gasteiger partial charge in [0.25, 0.3) is 0 Å². The van der Waals surface area contributed by atoms with E-state index in [9.17, 15) is 20.2 Å². The molecule has 1 rings (SSSR count). The molecule has 0 N–H and O–H groups in total. The normalized spacial score (nSPS) is 8.93. The van der Waals surface area contributed by atoms with E-state index in [1.807, 2.05) is 0 Å². The predicted molar refractivity (Wildman–Crippen MR) is 43.3 cm³/mol. The molecule has 1 radical (unpaired) electrons. The zero-order chi connectivity index (χ0) is 10.0. The number of rotatable bonds is 2. The van der Waals surface area contributed by atoms with Gasteiger partial charge in [0, 0.05) is 42.6 Å². The van der Waals surface area contributed by atoms with E-state index in [1.54, 1.807) is 0 Å². The fourth-order valence-electron chi connectivity index (χ4n) is 0.942. The minimum absolute atomic E-state index is 0. The van der Waals surface area contributed by atoms with Crippen LogP contribution < -0.4 is 0 Å². The van der Waals surface area contributed by atoms with Gasteiger partial charge in [-0.25, -0.2) is 0 Å². The molecule has 71 valence electrons. The van der Waals surface area contributed by atoms with Crippen LogP contribution in [0.1, 0.15) is 5.56 Å². The fraction of sp³-hybridized carbons (Fsp3) is 0.143. The van der Waals surface area contributed by atoms with Gasteiger partial charge in [-0.1, -0.05) is 13.0 Å². The molecule has 1 aromatic carbocycles. The third kappa shape index (κ3) is 2.56. The Morgan fingerprint density at radius 3 is 2.29 bits per heavy atom. The average molecular weight is 270 g/mol. The molecule has 7 heteroatoms. The van der Waals surface area contributed by atoms with Gasteiger partial charge < -0.3 is 0 Å². The summed E-state index contributed by atoms with van der Waals surface area (Å²) in [7, 11) is 0. The number of hydrogen-bond acceptors (Lipinski definition) is 4. The van der Waals surface area contributed by atoms with Crippen molar-refractivity contribution in [1.29, 1.82) is 0 Å². The number of hydrogen-bond donors (Lipinski definition) is 0.